The van der Waals surface area contributed by atoms with Gasteiger partial charge in [0, 0.05) is 13.1 Å². The van der Waals surface area contributed by atoms with Crippen molar-refractivity contribution in [2.75, 3.05) is 24.5 Å². The molecule has 1 aromatic rings. The summed E-state index contributed by atoms with van der Waals surface area (Å²) in [5, 5.41) is 0. The molecule has 0 amide bonds. The largest absolute Gasteiger partial charge is 0.474 e. The van der Waals surface area contributed by atoms with Crippen molar-refractivity contribution in [3.05, 3.63) is 12.4 Å². The van der Waals surface area contributed by atoms with E-state index in [0.717, 1.165) is 25.3 Å². The molecular weight excluding hydrogens is 216 g/mol. The van der Waals surface area contributed by atoms with E-state index < -0.39 is 0 Å². The molecule has 5 nitrogen and oxygen atoms in total. The summed E-state index contributed by atoms with van der Waals surface area (Å²) in [5.41, 5.74) is 5.52. The van der Waals surface area contributed by atoms with Crippen LogP contribution in [0.4, 0.5) is 5.82 Å². The van der Waals surface area contributed by atoms with Gasteiger partial charge in [0.1, 0.15) is 0 Å². The van der Waals surface area contributed by atoms with Gasteiger partial charge in [0.05, 0.1) is 18.5 Å². The van der Waals surface area contributed by atoms with Gasteiger partial charge in [-0.15, -0.1) is 0 Å². The summed E-state index contributed by atoms with van der Waals surface area (Å²) in [6.07, 6.45) is 4.46. The van der Waals surface area contributed by atoms with Crippen molar-refractivity contribution < 1.29 is 4.74 Å². The molecule has 0 fully saturated rings. The van der Waals surface area contributed by atoms with Crippen molar-refractivity contribution >= 4 is 5.82 Å². The quantitative estimate of drug-likeness (QED) is 0.778. The Balaban J connectivity index is 2.73. The maximum Gasteiger partial charge on any atom is 0.234 e. The molecule has 0 saturated carbocycles. The zero-order chi connectivity index (χ0) is 12.7. The molecule has 0 bridgehead atoms. The highest BCUT2D eigenvalue weighted by molar-refractivity contribution is 5.37. The lowest BCUT2D eigenvalue weighted by Crippen LogP contribution is -2.26. The smallest absolute Gasteiger partial charge is 0.234 e. The van der Waals surface area contributed by atoms with Gasteiger partial charge in [-0.2, -0.15) is 4.98 Å². The number of rotatable bonds is 7. The van der Waals surface area contributed by atoms with Gasteiger partial charge in [0.25, 0.3) is 0 Å². The van der Waals surface area contributed by atoms with Crippen molar-refractivity contribution in [3.8, 4) is 5.88 Å². The monoisotopic (exact) mass is 238 g/mol. The molecule has 1 rings (SSSR count). The second kappa shape index (κ2) is 7.06. The maximum absolute atomic E-state index is 5.53. The summed E-state index contributed by atoms with van der Waals surface area (Å²) in [6, 6.07) is 0. The minimum atomic E-state index is 0.110. The first kappa shape index (κ1) is 13.7. The molecule has 0 spiro atoms. The van der Waals surface area contributed by atoms with E-state index in [4.69, 9.17) is 10.5 Å². The van der Waals surface area contributed by atoms with Crippen LogP contribution in [0.1, 0.15) is 27.2 Å². The lowest BCUT2D eigenvalue weighted by molar-refractivity contribution is 0.231. The molecule has 1 aromatic heterocycles. The van der Waals surface area contributed by atoms with E-state index in [9.17, 15) is 0 Å². The topological polar surface area (TPSA) is 64.3 Å². The van der Waals surface area contributed by atoms with E-state index in [1.54, 1.807) is 12.4 Å². The molecule has 0 saturated heterocycles. The molecule has 96 valence electrons. The lowest BCUT2D eigenvalue weighted by Gasteiger charge is -2.21. The van der Waals surface area contributed by atoms with Crippen LogP contribution in [0.25, 0.3) is 0 Å². The molecule has 17 heavy (non-hydrogen) atoms. The SMILES string of the molecule is CCN(CCCN)c1cncc(OC(C)C)n1. The third kappa shape index (κ3) is 4.56. The number of nitrogens with two attached hydrogens (primary N) is 1. The molecule has 0 atom stereocenters. The van der Waals surface area contributed by atoms with Crippen LogP contribution in [-0.2, 0) is 0 Å². The van der Waals surface area contributed by atoms with Crippen LogP contribution in [0.2, 0.25) is 0 Å². The molecule has 0 aliphatic heterocycles. The first-order valence-electron chi connectivity index (χ1n) is 6.11. The predicted octanol–water partition coefficient (Wildman–Crippen LogP) is 1.44. The van der Waals surface area contributed by atoms with Crippen LogP contribution in [0, 0.1) is 0 Å². The Hall–Kier alpha value is -1.36. The summed E-state index contributed by atoms with van der Waals surface area (Å²) >= 11 is 0. The number of anilines is 1. The molecule has 2 N–H and O–H groups in total. The minimum absolute atomic E-state index is 0.110. The van der Waals surface area contributed by atoms with E-state index >= 15 is 0 Å². The molecular formula is C12H22N4O. The fourth-order valence-electron chi connectivity index (χ4n) is 1.51. The van der Waals surface area contributed by atoms with Crippen molar-refractivity contribution in [1.29, 1.82) is 0 Å². The summed E-state index contributed by atoms with van der Waals surface area (Å²) in [6.45, 7) is 8.51. The van der Waals surface area contributed by atoms with Crippen LogP contribution in [0.5, 0.6) is 5.88 Å². The number of ether oxygens (including phenoxy) is 1. The van der Waals surface area contributed by atoms with Gasteiger partial charge in [0.2, 0.25) is 5.88 Å². The predicted molar refractivity (Wildman–Crippen MR) is 69.4 cm³/mol. The summed E-state index contributed by atoms with van der Waals surface area (Å²) in [4.78, 5) is 10.7. The van der Waals surface area contributed by atoms with E-state index in [-0.39, 0.29) is 6.10 Å². The second-order valence-corrected chi connectivity index (χ2v) is 4.10. The number of aromatic nitrogens is 2. The molecule has 1 heterocycles. The lowest BCUT2D eigenvalue weighted by atomic mass is 10.3. The summed E-state index contributed by atoms with van der Waals surface area (Å²) < 4.78 is 5.53. The summed E-state index contributed by atoms with van der Waals surface area (Å²) in [5.74, 6) is 1.42. The maximum atomic E-state index is 5.53. The Kier molecular flexibility index (Phi) is 5.69. The highest BCUT2D eigenvalue weighted by atomic mass is 16.5. The van der Waals surface area contributed by atoms with Crippen LogP contribution < -0.4 is 15.4 Å². The third-order valence-corrected chi connectivity index (χ3v) is 2.29. The average molecular weight is 238 g/mol. The highest BCUT2D eigenvalue weighted by Crippen LogP contribution is 2.14. The Bertz CT molecular complexity index is 330. The van der Waals surface area contributed by atoms with E-state index in [0.29, 0.717) is 12.4 Å². The Morgan fingerprint density at radius 1 is 1.41 bits per heavy atom. The fraction of sp³-hybridized carbons (Fsp3) is 0.667. The van der Waals surface area contributed by atoms with Crippen molar-refractivity contribution in [2.24, 2.45) is 5.73 Å². The summed E-state index contributed by atoms with van der Waals surface area (Å²) in [7, 11) is 0. The molecule has 0 aromatic carbocycles. The Labute approximate surface area is 103 Å². The van der Waals surface area contributed by atoms with Gasteiger partial charge in [-0.05, 0) is 33.7 Å². The number of hydrogen-bond donors (Lipinski definition) is 1. The van der Waals surface area contributed by atoms with Gasteiger partial charge < -0.3 is 15.4 Å². The highest BCUT2D eigenvalue weighted by Gasteiger charge is 2.08. The van der Waals surface area contributed by atoms with E-state index in [1.807, 2.05) is 13.8 Å². The second-order valence-electron chi connectivity index (χ2n) is 4.10. The first-order valence-corrected chi connectivity index (χ1v) is 6.11. The molecule has 0 unspecified atom stereocenters. The van der Waals surface area contributed by atoms with Gasteiger partial charge in [-0.1, -0.05) is 0 Å². The molecule has 0 radical (unpaired) electrons. The first-order chi connectivity index (χ1) is 8.17. The van der Waals surface area contributed by atoms with E-state index in [2.05, 4.69) is 21.8 Å². The number of nitrogens with zero attached hydrogens (tertiary/aromatic N) is 3. The molecule has 0 aliphatic carbocycles. The molecule has 0 aliphatic rings. The van der Waals surface area contributed by atoms with Crippen LogP contribution in [0.3, 0.4) is 0 Å². The van der Waals surface area contributed by atoms with Gasteiger partial charge in [0.15, 0.2) is 5.82 Å². The minimum Gasteiger partial charge on any atom is -0.474 e. The zero-order valence-electron chi connectivity index (χ0n) is 10.9. The van der Waals surface area contributed by atoms with Gasteiger partial charge >= 0.3 is 0 Å². The fourth-order valence-corrected chi connectivity index (χ4v) is 1.51. The van der Waals surface area contributed by atoms with Crippen LogP contribution >= 0.6 is 0 Å². The molecule has 5 heteroatoms. The van der Waals surface area contributed by atoms with Crippen molar-refractivity contribution in [2.45, 2.75) is 33.3 Å². The van der Waals surface area contributed by atoms with E-state index in [1.165, 1.54) is 0 Å². The zero-order valence-corrected chi connectivity index (χ0v) is 10.9. The van der Waals surface area contributed by atoms with Crippen molar-refractivity contribution in [3.63, 3.8) is 0 Å². The van der Waals surface area contributed by atoms with Crippen molar-refractivity contribution in [1.82, 2.24) is 9.97 Å². The normalized spacial score (nSPS) is 10.6. The van der Waals surface area contributed by atoms with Gasteiger partial charge in [-0.25, -0.2) is 0 Å². The Morgan fingerprint density at radius 3 is 2.76 bits per heavy atom. The third-order valence-electron chi connectivity index (χ3n) is 2.29. The van der Waals surface area contributed by atoms with Crippen LogP contribution in [0.15, 0.2) is 12.4 Å². The number of hydrogen-bond acceptors (Lipinski definition) is 5. The standard InChI is InChI=1S/C12H22N4O/c1-4-16(7-5-6-13)11-8-14-9-12(15-11)17-10(2)3/h8-10H,4-7,13H2,1-3H3. The Morgan fingerprint density at radius 2 is 2.18 bits per heavy atom. The van der Waals surface area contributed by atoms with Crippen LogP contribution in [-0.4, -0.2) is 35.7 Å². The average Bonchev–Trinajstić information content (AvgIpc) is 2.30. The van der Waals surface area contributed by atoms with Gasteiger partial charge in [-0.3, -0.25) is 4.98 Å².